The number of hydrogen-bond donors (Lipinski definition) is 2. The van der Waals surface area contributed by atoms with Crippen LogP contribution in [0.25, 0.3) is 11.3 Å². The van der Waals surface area contributed by atoms with Gasteiger partial charge in [-0.2, -0.15) is 0 Å². The molecule has 1 aromatic heterocycles. The van der Waals surface area contributed by atoms with E-state index in [1.807, 2.05) is 6.07 Å². The molecule has 4 heteroatoms. The summed E-state index contributed by atoms with van der Waals surface area (Å²) in [6.07, 6.45) is 5.29. The summed E-state index contributed by atoms with van der Waals surface area (Å²) in [5, 5.41) is 6.53. The van der Waals surface area contributed by atoms with Gasteiger partial charge in [0.25, 0.3) is 0 Å². The van der Waals surface area contributed by atoms with Gasteiger partial charge in [-0.25, -0.2) is 4.98 Å². The Kier molecular flexibility index (Phi) is 4.20. The second kappa shape index (κ2) is 6.51. The molecule has 2 aromatic rings. The molecule has 0 saturated heterocycles. The quantitative estimate of drug-likeness (QED) is 0.870. The van der Waals surface area contributed by atoms with Crippen LogP contribution >= 0.6 is 0 Å². The number of rotatable bonds is 3. The molecule has 0 atom stereocenters. The second-order valence-electron chi connectivity index (χ2n) is 7.28. The Labute approximate surface area is 149 Å². The Morgan fingerprint density at radius 3 is 2.84 bits per heavy atom. The van der Waals surface area contributed by atoms with Gasteiger partial charge in [-0.05, 0) is 50.7 Å². The van der Waals surface area contributed by atoms with Crippen LogP contribution in [0.1, 0.15) is 42.4 Å². The predicted octanol–water partition coefficient (Wildman–Crippen LogP) is 4.46. The predicted molar refractivity (Wildman–Crippen MR) is 102 cm³/mol. The average Bonchev–Trinajstić information content (AvgIpc) is 2.55. The highest BCUT2D eigenvalue weighted by molar-refractivity contribution is 5.93. The van der Waals surface area contributed by atoms with E-state index in [1.54, 1.807) is 0 Å². The van der Waals surface area contributed by atoms with Crippen LogP contribution < -0.4 is 10.6 Å². The van der Waals surface area contributed by atoms with Gasteiger partial charge in [0.05, 0.1) is 5.69 Å². The van der Waals surface area contributed by atoms with Crippen molar-refractivity contribution in [3.8, 4) is 11.3 Å². The third kappa shape index (κ3) is 3.01. The first-order valence-corrected chi connectivity index (χ1v) is 9.28. The van der Waals surface area contributed by atoms with Gasteiger partial charge in [0, 0.05) is 35.3 Å². The summed E-state index contributed by atoms with van der Waals surface area (Å²) < 4.78 is 0. The van der Waals surface area contributed by atoms with E-state index in [-0.39, 0.29) is 11.8 Å². The van der Waals surface area contributed by atoms with Gasteiger partial charge in [0.1, 0.15) is 5.82 Å². The average molecular weight is 335 g/mol. The SMILES string of the molecule is Cc1cccc(-c2nc(NC(=O)C3CCC3)cc3c2CCCN3)c1C. The van der Waals surface area contributed by atoms with E-state index < -0.39 is 0 Å². The number of amides is 1. The Morgan fingerprint density at radius 2 is 2.08 bits per heavy atom. The van der Waals surface area contributed by atoms with E-state index >= 15 is 0 Å². The van der Waals surface area contributed by atoms with E-state index in [9.17, 15) is 4.79 Å². The van der Waals surface area contributed by atoms with Gasteiger partial charge < -0.3 is 10.6 Å². The largest absolute Gasteiger partial charge is 0.385 e. The summed E-state index contributed by atoms with van der Waals surface area (Å²) in [5.74, 6) is 0.942. The number of aryl methyl sites for hydroxylation is 1. The fourth-order valence-electron chi connectivity index (χ4n) is 3.66. The van der Waals surface area contributed by atoms with Crippen molar-refractivity contribution in [2.45, 2.75) is 46.0 Å². The standard InChI is InChI=1S/C21H25N3O/c1-13-6-3-9-16(14(13)2)20-17-10-5-11-22-18(17)12-19(23-20)24-21(25)15-7-4-8-15/h3,6,9,12,15,22H,4-5,7-8,10-11H2,1-2H3,(H,23,24,25). The number of benzene rings is 1. The molecule has 25 heavy (non-hydrogen) atoms. The maximum atomic E-state index is 12.4. The van der Waals surface area contributed by atoms with Crippen LogP contribution in [0.4, 0.5) is 11.5 Å². The van der Waals surface area contributed by atoms with Crippen LogP contribution in [0.5, 0.6) is 0 Å². The molecule has 1 aromatic carbocycles. The van der Waals surface area contributed by atoms with E-state index in [0.29, 0.717) is 5.82 Å². The molecule has 0 bridgehead atoms. The van der Waals surface area contributed by atoms with Gasteiger partial charge >= 0.3 is 0 Å². The summed E-state index contributed by atoms with van der Waals surface area (Å²) in [4.78, 5) is 17.2. The lowest BCUT2D eigenvalue weighted by Gasteiger charge is -2.26. The Morgan fingerprint density at radius 1 is 1.24 bits per heavy atom. The minimum Gasteiger partial charge on any atom is -0.385 e. The Balaban J connectivity index is 1.77. The van der Waals surface area contributed by atoms with Crippen molar-refractivity contribution >= 4 is 17.4 Å². The summed E-state index contributed by atoms with van der Waals surface area (Å²) >= 11 is 0. The maximum Gasteiger partial charge on any atom is 0.228 e. The molecule has 1 aliphatic heterocycles. The lowest BCUT2D eigenvalue weighted by atomic mass is 9.85. The molecule has 4 rings (SSSR count). The van der Waals surface area contributed by atoms with Gasteiger partial charge in [-0.3, -0.25) is 4.79 Å². The molecule has 2 N–H and O–H groups in total. The highest BCUT2D eigenvalue weighted by atomic mass is 16.2. The minimum atomic E-state index is 0.112. The molecule has 1 saturated carbocycles. The number of pyridine rings is 1. The van der Waals surface area contributed by atoms with Crippen molar-refractivity contribution in [2.24, 2.45) is 5.92 Å². The van der Waals surface area contributed by atoms with Crippen molar-refractivity contribution in [1.29, 1.82) is 0 Å². The second-order valence-corrected chi connectivity index (χ2v) is 7.28. The fourth-order valence-corrected chi connectivity index (χ4v) is 3.66. The van der Waals surface area contributed by atoms with E-state index in [2.05, 4.69) is 42.7 Å². The molecular weight excluding hydrogens is 310 g/mol. The Bertz CT molecular complexity index is 824. The lowest BCUT2D eigenvalue weighted by Crippen LogP contribution is -2.28. The first-order valence-electron chi connectivity index (χ1n) is 9.28. The molecule has 0 radical (unpaired) electrons. The van der Waals surface area contributed by atoms with Crippen molar-refractivity contribution in [3.05, 3.63) is 41.0 Å². The van der Waals surface area contributed by atoms with E-state index in [1.165, 1.54) is 22.3 Å². The Hall–Kier alpha value is -2.36. The van der Waals surface area contributed by atoms with Gasteiger partial charge in [-0.1, -0.05) is 24.6 Å². The van der Waals surface area contributed by atoms with Crippen LogP contribution in [-0.4, -0.2) is 17.4 Å². The number of carbonyl (C=O) groups is 1. The van der Waals surface area contributed by atoms with Crippen molar-refractivity contribution < 1.29 is 4.79 Å². The highest BCUT2D eigenvalue weighted by Gasteiger charge is 2.26. The number of nitrogens with zero attached hydrogens (tertiary/aromatic N) is 1. The zero-order valence-corrected chi connectivity index (χ0v) is 15.0. The first-order chi connectivity index (χ1) is 12.1. The topological polar surface area (TPSA) is 54.0 Å². The lowest BCUT2D eigenvalue weighted by molar-refractivity contribution is -0.122. The third-order valence-corrected chi connectivity index (χ3v) is 5.63. The number of aromatic nitrogens is 1. The maximum absolute atomic E-state index is 12.4. The summed E-state index contributed by atoms with van der Waals surface area (Å²) in [6.45, 7) is 5.25. The minimum absolute atomic E-state index is 0.112. The number of nitrogens with one attached hydrogen (secondary N) is 2. The molecule has 1 amide bonds. The van der Waals surface area contributed by atoms with Gasteiger partial charge in [0.2, 0.25) is 5.91 Å². The molecule has 130 valence electrons. The number of carbonyl (C=O) groups excluding carboxylic acids is 1. The van der Waals surface area contributed by atoms with Crippen molar-refractivity contribution in [1.82, 2.24) is 4.98 Å². The molecule has 0 unspecified atom stereocenters. The molecule has 0 spiro atoms. The van der Waals surface area contributed by atoms with Crippen LogP contribution in [-0.2, 0) is 11.2 Å². The summed E-state index contributed by atoms with van der Waals surface area (Å²) in [5.41, 5.74) is 7.07. The molecule has 4 nitrogen and oxygen atoms in total. The molecule has 1 aliphatic carbocycles. The van der Waals surface area contributed by atoms with Gasteiger partial charge in [-0.15, -0.1) is 0 Å². The summed E-state index contributed by atoms with van der Waals surface area (Å²) in [6, 6.07) is 8.35. The monoisotopic (exact) mass is 335 g/mol. The van der Waals surface area contributed by atoms with E-state index in [4.69, 9.17) is 4.98 Å². The van der Waals surface area contributed by atoms with Crippen molar-refractivity contribution in [2.75, 3.05) is 17.2 Å². The van der Waals surface area contributed by atoms with Crippen LogP contribution in [0, 0.1) is 19.8 Å². The van der Waals surface area contributed by atoms with Gasteiger partial charge in [0.15, 0.2) is 0 Å². The third-order valence-electron chi connectivity index (χ3n) is 5.63. The normalized spacial score (nSPS) is 16.6. The van der Waals surface area contributed by atoms with E-state index in [0.717, 1.165) is 50.0 Å². The smallest absolute Gasteiger partial charge is 0.228 e. The highest BCUT2D eigenvalue weighted by Crippen LogP contribution is 2.36. The first kappa shape index (κ1) is 16.1. The molecule has 2 aliphatic rings. The van der Waals surface area contributed by atoms with Crippen LogP contribution in [0.15, 0.2) is 24.3 Å². The zero-order chi connectivity index (χ0) is 17.4. The molecular formula is C21H25N3O. The van der Waals surface area contributed by atoms with Crippen molar-refractivity contribution in [3.63, 3.8) is 0 Å². The number of hydrogen-bond acceptors (Lipinski definition) is 3. The zero-order valence-electron chi connectivity index (χ0n) is 15.0. The molecule has 1 fully saturated rings. The number of fused-ring (bicyclic) bond motifs is 1. The van der Waals surface area contributed by atoms with Crippen LogP contribution in [0.2, 0.25) is 0 Å². The van der Waals surface area contributed by atoms with Crippen LogP contribution in [0.3, 0.4) is 0 Å². The fraction of sp³-hybridized carbons (Fsp3) is 0.429. The number of anilines is 2. The molecule has 2 heterocycles. The summed E-state index contributed by atoms with van der Waals surface area (Å²) in [7, 11) is 0.